The fourth-order valence-electron chi connectivity index (χ4n) is 4.11. The average molecular weight is 234 g/mol. The second kappa shape index (κ2) is 3.54. The molecular weight excluding hydrogens is 212 g/mol. The van der Waals surface area contributed by atoms with Crippen LogP contribution in [0.1, 0.15) is 41.0 Å². The van der Waals surface area contributed by atoms with Crippen molar-refractivity contribution in [2.75, 3.05) is 0 Å². The monoisotopic (exact) mass is 234 g/mol. The van der Waals surface area contributed by atoms with Crippen LogP contribution in [0, 0.1) is 28.6 Å². The molecule has 2 rings (SSSR count). The van der Waals surface area contributed by atoms with E-state index in [1.165, 1.54) is 0 Å². The zero-order valence-corrected chi connectivity index (χ0v) is 11.4. The summed E-state index contributed by atoms with van der Waals surface area (Å²) in [6.45, 7) is 10.4. The Morgan fingerprint density at radius 3 is 2.35 bits per heavy atom. The first kappa shape index (κ1) is 12.5. The van der Waals surface area contributed by atoms with Crippen LogP contribution in [-0.4, -0.2) is 12.1 Å². The van der Waals surface area contributed by atoms with Gasteiger partial charge in [0.2, 0.25) is 0 Å². The van der Waals surface area contributed by atoms with Crippen molar-refractivity contribution in [3.63, 3.8) is 0 Å². The molecule has 1 unspecified atom stereocenters. The number of ketones is 1. The zero-order chi connectivity index (χ0) is 13.0. The Hall–Kier alpha value is -0.920. The highest BCUT2D eigenvalue weighted by Gasteiger charge is 2.75. The fraction of sp³-hybridized carbons (Fsp3) is 0.733. The lowest BCUT2D eigenvalue weighted by Gasteiger charge is -2.23. The predicted molar refractivity (Wildman–Crippen MR) is 67.5 cm³/mol. The summed E-state index contributed by atoms with van der Waals surface area (Å²) in [6.07, 6.45) is 3.75. The minimum Gasteiger partial charge on any atom is -0.303 e. The van der Waals surface area contributed by atoms with Crippen molar-refractivity contribution in [3.05, 3.63) is 11.6 Å². The van der Waals surface area contributed by atoms with Crippen molar-refractivity contribution < 1.29 is 9.59 Å². The third kappa shape index (κ3) is 1.39. The molecule has 4 atom stereocenters. The number of hydrogen-bond donors (Lipinski definition) is 0. The van der Waals surface area contributed by atoms with Crippen molar-refractivity contribution in [2.45, 2.75) is 41.0 Å². The van der Waals surface area contributed by atoms with E-state index < -0.39 is 0 Å². The molecule has 0 spiro atoms. The second-order valence-electron chi connectivity index (χ2n) is 6.48. The van der Waals surface area contributed by atoms with Crippen LogP contribution in [0.5, 0.6) is 0 Å². The molecule has 0 aromatic heterocycles. The molecule has 2 saturated carbocycles. The molecule has 0 bridgehead atoms. The normalized spacial score (nSPS) is 43.1. The zero-order valence-electron chi connectivity index (χ0n) is 11.4. The quantitative estimate of drug-likeness (QED) is 0.555. The van der Waals surface area contributed by atoms with E-state index in [1.54, 1.807) is 0 Å². The van der Waals surface area contributed by atoms with Gasteiger partial charge in [0, 0.05) is 11.8 Å². The van der Waals surface area contributed by atoms with Crippen LogP contribution in [0.15, 0.2) is 11.6 Å². The molecule has 0 aliphatic heterocycles. The van der Waals surface area contributed by atoms with E-state index in [2.05, 4.69) is 20.8 Å². The first-order valence-electron chi connectivity index (χ1n) is 6.43. The molecule has 0 radical (unpaired) electrons. The highest BCUT2D eigenvalue weighted by Crippen LogP contribution is 2.79. The molecule has 0 aromatic carbocycles. The second-order valence-corrected chi connectivity index (χ2v) is 6.48. The van der Waals surface area contributed by atoms with E-state index in [9.17, 15) is 9.59 Å². The van der Waals surface area contributed by atoms with Gasteiger partial charge < -0.3 is 4.79 Å². The molecule has 0 saturated heterocycles. The van der Waals surface area contributed by atoms with E-state index in [0.717, 1.165) is 18.3 Å². The summed E-state index contributed by atoms with van der Waals surface area (Å²) in [5.74, 6) is 0.420. The van der Waals surface area contributed by atoms with Crippen LogP contribution in [0.3, 0.4) is 0 Å². The van der Waals surface area contributed by atoms with Crippen molar-refractivity contribution in [3.8, 4) is 0 Å². The summed E-state index contributed by atoms with van der Waals surface area (Å²) in [4.78, 5) is 23.6. The molecular formula is C15H22O2. The lowest BCUT2D eigenvalue weighted by molar-refractivity contribution is -0.125. The predicted octanol–water partition coefficient (Wildman–Crippen LogP) is 3.02. The maximum absolute atomic E-state index is 12.2. The van der Waals surface area contributed by atoms with Gasteiger partial charge in [-0.2, -0.15) is 0 Å². The summed E-state index contributed by atoms with van der Waals surface area (Å²) in [5, 5.41) is 0. The molecule has 94 valence electrons. The molecule has 0 heterocycles. The highest BCUT2D eigenvalue weighted by molar-refractivity contribution is 5.98. The first-order chi connectivity index (χ1) is 7.81. The van der Waals surface area contributed by atoms with Gasteiger partial charge >= 0.3 is 0 Å². The van der Waals surface area contributed by atoms with Gasteiger partial charge in [0.05, 0.1) is 0 Å². The van der Waals surface area contributed by atoms with Crippen molar-refractivity contribution in [1.29, 1.82) is 0 Å². The molecule has 2 nitrogen and oxygen atoms in total. The minimum absolute atomic E-state index is 0.0719. The van der Waals surface area contributed by atoms with Crippen LogP contribution in [0.2, 0.25) is 0 Å². The van der Waals surface area contributed by atoms with Crippen LogP contribution in [0.4, 0.5) is 0 Å². The third-order valence-corrected chi connectivity index (χ3v) is 5.66. The average Bonchev–Trinajstić information content (AvgIpc) is 2.62. The number of rotatable bonds is 3. The summed E-state index contributed by atoms with van der Waals surface area (Å²) in [6, 6.07) is 0. The Kier molecular flexibility index (Phi) is 2.61. The molecule has 2 aliphatic rings. The van der Waals surface area contributed by atoms with Gasteiger partial charge in [-0.25, -0.2) is 0 Å². The van der Waals surface area contributed by atoms with E-state index in [0.29, 0.717) is 5.92 Å². The van der Waals surface area contributed by atoms with E-state index >= 15 is 0 Å². The standard InChI is InChI=1S/C15H22O2/c1-6-9(2)12(17)10-7-15(5)13(11(10)8-16)14(15,3)4/h6,8,10-11,13H,7H2,1-5H3/b9-6+/t10?,11-,13-,15-/m0/s1. The van der Waals surface area contributed by atoms with Gasteiger partial charge in [-0.15, -0.1) is 0 Å². The number of hydrogen-bond acceptors (Lipinski definition) is 2. The highest BCUT2D eigenvalue weighted by atomic mass is 16.1. The van der Waals surface area contributed by atoms with Gasteiger partial charge in [-0.05, 0) is 42.6 Å². The van der Waals surface area contributed by atoms with Crippen molar-refractivity contribution in [1.82, 2.24) is 0 Å². The molecule has 17 heavy (non-hydrogen) atoms. The Labute approximate surface area is 103 Å². The van der Waals surface area contributed by atoms with E-state index in [-0.39, 0.29) is 28.4 Å². The third-order valence-electron chi connectivity index (χ3n) is 5.66. The maximum atomic E-state index is 12.2. The molecule has 2 aliphatic carbocycles. The Morgan fingerprint density at radius 2 is 1.88 bits per heavy atom. The topological polar surface area (TPSA) is 34.1 Å². The Bertz CT molecular complexity index is 405. The number of Topliss-reactive ketones (excluding diaryl/α,β-unsaturated/α-hetero) is 1. The summed E-state index contributed by atoms with van der Waals surface area (Å²) in [5.41, 5.74) is 1.20. The summed E-state index contributed by atoms with van der Waals surface area (Å²) >= 11 is 0. The molecule has 2 fully saturated rings. The summed E-state index contributed by atoms with van der Waals surface area (Å²) in [7, 11) is 0. The Balaban J connectivity index is 2.26. The van der Waals surface area contributed by atoms with E-state index in [1.807, 2.05) is 19.9 Å². The molecule has 0 N–H and O–H groups in total. The van der Waals surface area contributed by atoms with Crippen LogP contribution in [-0.2, 0) is 9.59 Å². The number of allylic oxidation sites excluding steroid dienone is 2. The molecule has 2 heteroatoms. The summed E-state index contributed by atoms with van der Waals surface area (Å²) < 4.78 is 0. The van der Waals surface area contributed by atoms with Crippen molar-refractivity contribution >= 4 is 12.1 Å². The van der Waals surface area contributed by atoms with Crippen LogP contribution in [0.25, 0.3) is 0 Å². The number of fused-ring (bicyclic) bond motifs is 1. The number of carbonyl (C=O) groups excluding carboxylic acids is 2. The fourth-order valence-corrected chi connectivity index (χ4v) is 4.11. The number of aldehydes is 1. The van der Waals surface area contributed by atoms with E-state index in [4.69, 9.17) is 0 Å². The largest absolute Gasteiger partial charge is 0.303 e. The van der Waals surface area contributed by atoms with Gasteiger partial charge in [-0.3, -0.25) is 4.79 Å². The van der Waals surface area contributed by atoms with Gasteiger partial charge in [0.15, 0.2) is 5.78 Å². The van der Waals surface area contributed by atoms with Crippen molar-refractivity contribution in [2.24, 2.45) is 28.6 Å². The number of carbonyl (C=O) groups is 2. The van der Waals surface area contributed by atoms with Crippen LogP contribution >= 0.6 is 0 Å². The Morgan fingerprint density at radius 1 is 1.29 bits per heavy atom. The lowest BCUT2D eigenvalue weighted by atomic mass is 9.79. The molecule has 0 amide bonds. The van der Waals surface area contributed by atoms with Crippen LogP contribution < -0.4 is 0 Å². The lowest BCUT2D eigenvalue weighted by Crippen LogP contribution is -2.27. The first-order valence-corrected chi connectivity index (χ1v) is 6.43. The smallest absolute Gasteiger partial charge is 0.162 e. The minimum atomic E-state index is -0.0771. The van der Waals surface area contributed by atoms with Gasteiger partial charge in [-0.1, -0.05) is 26.8 Å². The van der Waals surface area contributed by atoms with Gasteiger partial charge in [0.1, 0.15) is 6.29 Å². The molecule has 0 aromatic rings. The SMILES string of the molecule is C/C=C(\C)C(=O)C1C[C@@]2(C)[C@@H]([C@H]1C=O)C2(C)C. The maximum Gasteiger partial charge on any atom is 0.162 e. The van der Waals surface area contributed by atoms with Gasteiger partial charge in [0.25, 0.3) is 0 Å².